The van der Waals surface area contributed by atoms with Gasteiger partial charge in [0.2, 0.25) is 0 Å². The lowest BCUT2D eigenvalue weighted by Gasteiger charge is -2.21. The summed E-state index contributed by atoms with van der Waals surface area (Å²) in [6.45, 7) is 0. The molecule has 1 aromatic carbocycles. The minimum atomic E-state index is -2.19. The van der Waals surface area contributed by atoms with Crippen LogP contribution in [0.25, 0.3) is 0 Å². The van der Waals surface area contributed by atoms with Gasteiger partial charge in [0.15, 0.2) is 5.39 Å². The molecular formula is C13H13N4OPS2. The summed E-state index contributed by atoms with van der Waals surface area (Å²) in [6, 6.07) is 11.6. The highest BCUT2D eigenvalue weighted by Gasteiger charge is 2.25. The van der Waals surface area contributed by atoms with Gasteiger partial charge in [-0.15, -0.1) is 0 Å². The largest absolute Gasteiger partial charge is 0.497 e. The molecule has 0 spiro atoms. The van der Waals surface area contributed by atoms with Gasteiger partial charge < -0.3 is 4.74 Å². The van der Waals surface area contributed by atoms with Gasteiger partial charge in [0.05, 0.1) is 7.11 Å². The van der Waals surface area contributed by atoms with Crippen molar-refractivity contribution in [2.75, 3.05) is 7.11 Å². The van der Waals surface area contributed by atoms with Crippen molar-refractivity contribution >= 4 is 34.1 Å². The maximum atomic E-state index is 5.99. The molecule has 2 heterocycles. The van der Waals surface area contributed by atoms with Crippen LogP contribution in [0, 0.1) is 0 Å². The minimum Gasteiger partial charge on any atom is -0.497 e. The molecule has 3 aromatic rings. The average molecular weight is 336 g/mol. The van der Waals surface area contributed by atoms with Crippen molar-refractivity contribution in [1.29, 1.82) is 0 Å². The second-order valence-electron chi connectivity index (χ2n) is 4.14. The smallest absolute Gasteiger partial charge is 0.159 e. The number of hydrogen-bond acceptors (Lipinski definition) is 5. The van der Waals surface area contributed by atoms with Crippen LogP contribution in [0.1, 0.15) is 0 Å². The van der Waals surface area contributed by atoms with Crippen LogP contribution < -0.4 is 10.0 Å². The van der Waals surface area contributed by atoms with Gasteiger partial charge in [-0.25, -0.2) is 8.54 Å². The van der Waals surface area contributed by atoms with Gasteiger partial charge in [-0.2, -0.15) is 10.2 Å². The first kappa shape index (κ1) is 14.4. The highest BCUT2D eigenvalue weighted by molar-refractivity contribution is 8.72. The van der Waals surface area contributed by atoms with E-state index in [9.17, 15) is 0 Å². The van der Waals surface area contributed by atoms with Crippen molar-refractivity contribution in [2.45, 2.75) is 0 Å². The summed E-state index contributed by atoms with van der Waals surface area (Å²) in [5.41, 5.74) is 0. The molecule has 0 aliphatic carbocycles. The van der Waals surface area contributed by atoms with Gasteiger partial charge in [-0.1, -0.05) is 11.8 Å². The second-order valence-corrected chi connectivity index (χ2v) is 11.0. The number of nitrogens with zero attached hydrogens (tertiary/aromatic N) is 4. The van der Waals surface area contributed by atoms with Crippen LogP contribution in [-0.4, -0.2) is 25.8 Å². The van der Waals surface area contributed by atoms with E-state index in [1.807, 2.05) is 53.2 Å². The van der Waals surface area contributed by atoms with Gasteiger partial charge in [0.25, 0.3) is 0 Å². The fraction of sp³-hybridized carbons (Fsp3) is 0.0769. The summed E-state index contributed by atoms with van der Waals surface area (Å²) in [5.74, 6) is 0.810. The summed E-state index contributed by atoms with van der Waals surface area (Å²) in [7, 11) is 1.65. The molecule has 1 unspecified atom stereocenters. The topological polar surface area (TPSA) is 44.9 Å². The Labute approximate surface area is 131 Å². The number of rotatable bonds is 5. The Hall–Kier alpha value is -1.56. The quantitative estimate of drug-likeness (QED) is 0.671. The molecule has 0 radical (unpaired) electrons. The van der Waals surface area contributed by atoms with Gasteiger partial charge >= 0.3 is 0 Å². The Morgan fingerprint density at radius 3 is 2.38 bits per heavy atom. The lowest BCUT2D eigenvalue weighted by molar-refractivity contribution is 0.415. The Kier molecular flexibility index (Phi) is 4.14. The zero-order valence-electron chi connectivity index (χ0n) is 11.2. The Balaban J connectivity index is 2.05. The second kappa shape index (κ2) is 6.05. The minimum absolute atomic E-state index is 0.810. The van der Waals surface area contributed by atoms with Crippen LogP contribution in [0.2, 0.25) is 0 Å². The third-order valence-electron chi connectivity index (χ3n) is 2.83. The fourth-order valence-corrected chi connectivity index (χ4v) is 7.04. The van der Waals surface area contributed by atoms with Crippen molar-refractivity contribution in [3.63, 3.8) is 0 Å². The Morgan fingerprint density at radius 1 is 1.10 bits per heavy atom. The maximum Gasteiger partial charge on any atom is 0.159 e. The highest BCUT2D eigenvalue weighted by Crippen LogP contribution is 2.58. The predicted octanol–water partition coefficient (Wildman–Crippen LogP) is 2.77. The van der Waals surface area contributed by atoms with E-state index in [4.69, 9.17) is 16.5 Å². The van der Waals surface area contributed by atoms with Crippen LogP contribution >= 0.6 is 17.0 Å². The van der Waals surface area contributed by atoms with Crippen molar-refractivity contribution in [3.05, 3.63) is 61.2 Å². The summed E-state index contributed by atoms with van der Waals surface area (Å²) >= 11 is 7.50. The number of methoxy groups -OCH3 is 1. The molecule has 21 heavy (non-hydrogen) atoms. The van der Waals surface area contributed by atoms with Gasteiger partial charge in [-0.05, 0) is 36.4 Å². The molecule has 1 atom stereocenters. The molecule has 0 bridgehead atoms. The van der Waals surface area contributed by atoms with Crippen molar-refractivity contribution < 1.29 is 4.74 Å². The van der Waals surface area contributed by atoms with Gasteiger partial charge in [0, 0.05) is 41.7 Å². The molecule has 0 saturated heterocycles. The molecule has 0 aliphatic rings. The normalized spacial score (nSPS) is 13.8. The molecule has 108 valence electrons. The predicted molar refractivity (Wildman–Crippen MR) is 89.8 cm³/mol. The molecule has 0 fully saturated rings. The molecule has 0 amide bonds. The number of benzene rings is 1. The SMILES string of the molecule is COc1ccc(P(=S)(Sn2cccn2)n2cccn2)cc1. The van der Waals surface area contributed by atoms with Gasteiger partial charge in [-0.3, -0.25) is 0 Å². The molecule has 0 aliphatic heterocycles. The van der Waals surface area contributed by atoms with Crippen LogP contribution in [-0.2, 0) is 11.8 Å². The average Bonchev–Trinajstić information content (AvgIpc) is 3.20. The van der Waals surface area contributed by atoms with E-state index >= 15 is 0 Å². The van der Waals surface area contributed by atoms with Crippen molar-refractivity contribution in [1.82, 2.24) is 18.7 Å². The lowest BCUT2D eigenvalue weighted by Crippen LogP contribution is -2.11. The molecule has 2 aromatic heterocycles. The maximum absolute atomic E-state index is 5.99. The first-order valence-electron chi connectivity index (χ1n) is 6.17. The fourth-order valence-electron chi connectivity index (χ4n) is 1.81. The van der Waals surface area contributed by atoms with E-state index in [-0.39, 0.29) is 0 Å². The summed E-state index contributed by atoms with van der Waals surface area (Å²) in [4.78, 5) is 0. The van der Waals surface area contributed by atoms with E-state index in [2.05, 4.69) is 10.2 Å². The first-order chi connectivity index (χ1) is 10.2. The number of ether oxygens (including phenoxy) is 1. The van der Waals surface area contributed by atoms with E-state index in [0.717, 1.165) is 11.1 Å². The molecule has 5 nitrogen and oxygen atoms in total. The standard InChI is InChI=1S/C13H13N4OPS2/c1-18-12-4-6-13(7-5-12)19(20,16-10-2-8-14-16)21-17-11-3-9-15-17/h2-11H,1H3. The third kappa shape index (κ3) is 2.90. The summed E-state index contributed by atoms with van der Waals surface area (Å²) in [5, 5.41) is 7.45. The van der Waals surface area contributed by atoms with E-state index in [0.29, 0.717) is 0 Å². The third-order valence-corrected chi connectivity index (χ3v) is 9.20. The monoisotopic (exact) mass is 336 g/mol. The van der Waals surface area contributed by atoms with Gasteiger partial charge in [0.1, 0.15) is 5.75 Å². The molecule has 3 rings (SSSR count). The van der Waals surface area contributed by atoms with E-state index in [1.54, 1.807) is 23.6 Å². The van der Waals surface area contributed by atoms with E-state index < -0.39 is 5.39 Å². The Bertz CT molecular complexity index is 741. The first-order valence-corrected chi connectivity index (χ1v) is 10.3. The number of hydrogen-bond donors (Lipinski definition) is 0. The molecular weight excluding hydrogens is 323 g/mol. The summed E-state index contributed by atoms with van der Waals surface area (Å²) < 4.78 is 8.85. The molecule has 0 N–H and O–H groups in total. The van der Waals surface area contributed by atoms with Crippen molar-refractivity contribution in [3.8, 4) is 5.75 Å². The van der Waals surface area contributed by atoms with Crippen molar-refractivity contribution in [2.24, 2.45) is 0 Å². The molecule has 0 saturated carbocycles. The van der Waals surface area contributed by atoms with E-state index in [1.165, 1.54) is 11.6 Å². The lowest BCUT2D eigenvalue weighted by atomic mass is 10.3. The highest BCUT2D eigenvalue weighted by atomic mass is 32.9. The van der Waals surface area contributed by atoms with Crippen LogP contribution in [0.5, 0.6) is 5.75 Å². The zero-order chi connectivity index (χ0) is 14.7. The Morgan fingerprint density at radius 2 is 1.81 bits per heavy atom. The van der Waals surface area contributed by atoms with Crippen LogP contribution in [0.4, 0.5) is 0 Å². The van der Waals surface area contributed by atoms with Crippen LogP contribution in [0.15, 0.2) is 61.2 Å². The zero-order valence-corrected chi connectivity index (χ0v) is 13.8. The van der Waals surface area contributed by atoms with Crippen LogP contribution in [0.3, 0.4) is 0 Å². The molecule has 8 heteroatoms. The summed E-state index contributed by atoms with van der Waals surface area (Å²) in [6.07, 6.45) is 7.28. The number of aromatic nitrogens is 4.